The maximum absolute atomic E-state index is 12.3. The normalized spacial score (nSPS) is 19.3. The van der Waals surface area contributed by atoms with Gasteiger partial charge in [0.05, 0.1) is 6.54 Å². The van der Waals surface area contributed by atoms with Gasteiger partial charge >= 0.3 is 6.09 Å². The van der Waals surface area contributed by atoms with Gasteiger partial charge in [-0.2, -0.15) is 0 Å². The molecule has 1 aliphatic rings. The van der Waals surface area contributed by atoms with Gasteiger partial charge in [-0.3, -0.25) is 0 Å². The molecule has 0 radical (unpaired) electrons. The van der Waals surface area contributed by atoms with Crippen molar-refractivity contribution in [2.24, 2.45) is 0 Å². The van der Waals surface area contributed by atoms with E-state index in [-0.39, 0.29) is 12.1 Å². The third-order valence-electron chi connectivity index (χ3n) is 3.56. The van der Waals surface area contributed by atoms with Crippen molar-refractivity contribution in [3.8, 4) is 0 Å². The highest BCUT2D eigenvalue weighted by atomic mass is 127. The van der Waals surface area contributed by atoms with Crippen LogP contribution in [-0.4, -0.2) is 35.7 Å². The van der Waals surface area contributed by atoms with Gasteiger partial charge in [0, 0.05) is 19.1 Å². The van der Waals surface area contributed by atoms with Gasteiger partial charge in [0.25, 0.3) is 0 Å². The lowest BCUT2D eigenvalue weighted by Gasteiger charge is -2.36. The first-order valence-corrected chi connectivity index (χ1v) is 8.87. The molecule has 1 aromatic rings. The van der Waals surface area contributed by atoms with Crippen molar-refractivity contribution in [1.29, 1.82) is 0 Å². The van der Waals surface area contributed by atoms with E-state index < -0.39 is 5.60 Å². The van der Waals surface area contributed by atoms with E-state index in [9.17, 15) is 4.79 Å². The minimum atomic E-state index is -0.447. The number of likely N-dealkylation sites (tertiary alicyclic amines) is 1. The van der Waals surface area contributed by atoms with Crippen molar-refractivity contribution in [3.63, 3.8) is 0 Å². The molecule has 1 amide bonds. The zero-order valence-corrected chi connectivity index (χ0v) is 15.7. The van der Waals surface area contributed by atoms with E-state index in [0.29, 0.717) is 6.54 Å². The molecule has 1 N–H and O–H groups in total. The minimum Gasteiger partial charge on any atom is -0.454 e. The molecular weight excluding hydrogens is 395 g/mol. The number of halogens is 1. The Balaban J connectivity index is 1.85. The van der Waals surface area contributed by atoms with Crippen LogP contribution in [0.15, 0.2) is 16.5 Å². The molecule has 0 saturated carbocycles. The summed E-state index contributed by atoms with van der Waals surface area (Å²) in [5.41, 5.74) is -0.447. The zero-order valence-electron chi connectivity index (χ0n) is 13.5. The summed E-state index contributed by atoms with van der Waals surface area (Å²) in [6.45, 7) is 7.93. The molecule has 0 spiro atoms. The fraction of sp³-hybridized carbons (Fsp3) is 0.688. The molecule has 0 aliphatic carbocycles. The van der Waals surface area contributed by atoms with Gasteiger partial charge in [-0.05, 0) is 74.8 Å². The number of nitrogens with zero attached hydrogens (tertiary/aromatic N) is 1. The number of piperidine rings is 1. The third-order valence-corrected chi connectivity index (χ3v) is 4.14. The summed E-state index contributed by atoms with van der Waals surface area (Å²) in [7, 11) is 0. The molecule has 2 rings (SSSR count). The molecule has 1 atom stereocenters. The van der Waals surface area contributed by atoms with Crippen LogP contribution < -0.4 is 5.32 Å². The standard InChI is InChI=1S/C16H25IN2O3/c1-16(2,3)22-15(20)19-9-5-4-6-12(19)10-18-11-13-7-8-14(17)21-13/h7-8,12,18H,4-6,9-11H2,1-3H3. The Morgan fingerprint density at radius 1 is 1.45 bits per heavy atom. The van der Waals surface area contributed by atoms with Gasteiger partial charge in [-0.25, -0.2) is 4.79 Å². The van der Waals surface area contributed by atoms with Crippen LogP contribution in [0, 0.1) is 3.77 Å². The summed E-state index contributed by atoms with van der Waals surface area (Å²) in [5.74, 6) is 0.920. The molecule has 1 aliphatic heterocycles. The number of carbonyl (C=O) groups is 1. The Bertz CT molecular complexity index is 496. The van der Waals surface area contributed by atoms with Gasteiger partial charge in [0.2, 0.25) is 0 Å². The van der Waals surface area contributed by atoms with E-state index in [4.69, 9.17) is 9.15 Å². The summed E-state index contributed by atoms with van der Waals surface area (Å²) >= 11 is 2.16. The molecule has 22 heavy (non-hydrogen) atoms. The molecule has 1 saturated heterocycles. The van der Waals surface area contributed by atoms with Crippen LogP contribution in [0.1, 0.15) is 45.8 Å². The number of rotatable bonds is 4. The highest BCUT2D eigenvalue weighted by molar-refractivity contribution is 14.1. The van der Waals surface area contributed by atoms with Crippen LogP contribution in [0.25, 0.3) is 0 Å². The average molecular weight is 420 g/mol. The summed E-state index contributed by atoms with van der Waals surface area (Å²) in [6.07, 6.45) is 3.02. The summed E-state index contributed by atoms with van der Waals surface area (Å²) < 4.78 is 11.9. The van der Waals surface area contributed by atoms with Crippen LogP contribution in [0.4, 0.5) is 4.79 Å². The first-order valence-electron chi connectivity index (χ1n) is 7.80. The molecule has 1 aromatic heterocycles. The number of amides is 1. The fourth-order valence-corrected chi connectivity index (χ4v) is 3.05. The van der Waals surface area contributed by atoms with E-state index in [2.05, 4.69) is 27.9 Å². The van der Waals surface area contributed by atoms with Crippen LogP contribution in [0.5, 0.6) is 0 Å². The molecule has 2 heterocycles. The van der Waals surface area contributed by atoms with Crippen molar-refractivity contribution < 1.29 is 13.9 Å². The number of nitrogens with one attached hydrogen (secondary N) is 1. The fourth-order valence-electron chi connectivity index (χ4n) is 2.58. The van der Waals surface area contributed by atoms with E-state index in [1.807, 2.05) is 37.8 Å². The second-order valence-electron chi connectivity index (χ2n) is 6.66. The highest BCUT2D eigenvalue weighted by Crippen LogP contribution is 2.20. The molecule has 0 bridgehead atoms. The van der Waals surface area contributed by atoms with Crippen molar-refractivity contribution in [2.75, 3.05) is 13.1 Å². The van der Waals surface area contributed by atoms with Gasteiger partial charge in [-0.15, -0.1) is 0 Å². The van der Waals surface area contributed by atoms with Crippen molar-refractivity contribution in [2.45, 2.75) is 58.2 Å². The highest BCUT2D eigenvalue weighted by Gasteiger charge is 2.30. The molecule has 0 aromatic carbocycles. The summed E-state index contributed by atoms with van der Waals surface area (Å²) in [4.78, 5) is 14.2. The predicted molar refractivity (Wildman–Crippen MR) is 93.7 cm³/mol. The second kappa shape index (κ2) is 7.68. The van der Waals surface area contributed by atoms with Gasteiger partial charge in [0.15, 0.2) is 3.77 Å². The van der Waals surface area contributed by atoms with Gasteiger partial charge < -0.3 is 19.4 Å². The summed E-state index contributed by atoms with van der Waals surface area (Å²) in [5, 5.41) is 3.39. The second-order valence-corrected chi connectivity index (χ2v) is 7.72. The van der Waals surface area contributed by atoms with Crippen molar-refractivity contribution in [3.05, 3.63) is 21.7 Å². The molecule has 6 heteroatoms. The van der Waals surface area contributed by atoms with E-state index in [1.54, 1.807) is 0 Å². The van der Waals surface area contributed by atoms with Gasteiger partial charge in [-0.1, -0.05) is 0 Å². The lowest BCUT2D eigenvalue weighted by atomic mass is 10.0. The lowest BCUT2D eigenvalue weighted by Crippen LogP contribution is -2.50. The quantitative estimate of drug-likeness (QED) is 0.754. The zero-order chi connectivity index (χ0) is 16.2. The Hall–Kier alpha value is -0.760. The van der Waals surface area contributed by atoms with Crippen molar-refractivity contribution in [1.82, 2.24) is 10.2 Å². The van der Waals surface area contributed by atoms with Gasteiger partial charge in [0.1, 0.15) is 11.4 Å². The smallest absolute Gasteiger partial charge is 0.410 e. The Labute approximate surface area is 145 Å². The molecule has 1 unspecified atom stereocenters. The summed E-state index contributed by atoms with van der Waals surface area (Å²) in [6, 6.07) is 4.12. The largest absolute Gasteiger partial charge is 0.454 e. The van der Waals surface area contributed by atoms with E-state index in [1.165, 1.54) is 0 Å². The number of carbonyl (C=O) groups excluding carboxylic acids is 1. The van der Waals surface area contributed by atoms with Crippen LogP contribution in [0.3, 0.4) is 0 Å². The SMILES string of the molecule is CC(C)(C)OC(=O)N1CCCCC1CNCc1ccc(I)o1. The number of hydrogen-bond acceptors (Lipinski definition) is 4. The average Bonchev–Trinajstić information content (AvgIpc) is 2.83. The van der Waals surface area contributed by atoms with E-state index in [0.717, 1.165) is 41.9 Å². The molecule has 124 valence electrons. The van der Waals surface area contributed by atoms with E-state index >= 15 is 0 Å². The van der Waals surface area contributed by atoms with Crippen LogP contribution in [-0.2, 0) is 11.3 Å². The molecular formula is C16H25IN2O3. The number of hydrogen-bond donors (Lipinski definition) is 1. The maximum atomic E-state index is 12.3. The van der Waals surface area contributed by atoms with Crippen LogP contribution >= 0.6 is 22.6 Å². The minimum absolute atomic E-state index is 0.192. The van der Waals surface area contributed by atoms with Crippen LogP contribution in [0.2, 0.25) is 0 Å². The molecule has 1 fully saturated rings. The lowest BCUT2D eigenvalue weighted by molar-refractivity contribution is 0.00990. The predicted octanol–water partition coefficient (Wildman–Crippen LogP) is 3.76. The molecule has 5 nitrogen and oxygen atoms in total. The number of furan rings is 1. The maximum Gasteiger partial charge on any atom is 0.410 e. The Morgan fingerprint density at radius 3 is 2.86 bits per heavy atom. The Kier molecular flexibility index (Phi) is 6.14. The third kappa shape index (κ3) is 5.46. The Morgan fingerprint density at radius 2 is 2.23 bits per heavy atom. The number of ether oxygens (including phenoxy) is 1. The van der Waals surface area contributed by atoms with Crippen molar-refractivity contribution >= 4 is 28.7 Å². The first kappa shape index (κ1) is 17.6. The first-order chi connectivity index (χ1) is 10.3. The topological polar surface area (TPSA) is 54.7 Å². The monoisotopic (exact) mass is 420 g/mol.